The molecule has 0 saturated carbocycles. The van der Waals surface area contributed by atoms with Crippen molar-refractivity contribution in [1.82, 2.24) is 0 Å². The fraction of sp³-hybridized carbons (Fsp3) is 0.636. The molecule has 2 rings (SSSR count). The third-order valence-electron chi connectivity index (χ3n) is 5.48. The topological polar surface area (TPSA) is 18.5 Å². The van der Waals surface area contributed by atoms with E-state index in [9.17, 15) is 0 Å². The van der Waals surface area contributed by atoms with Gasteiger partial charge < -0.3 is 9.16 Å². The molecule has 0 saturated heterocycles. The third kappa shape index (κ3) is 4.13. The van der Waals surface area contributed by atoms with E-state index >= 15 is 0 Å². The van der Waals surface area contributed by atoms with Crippen LogP contribution in [0.15, 0.2) is 30.0 Å². The lowest BCUT2D eigenvalue weighted by atomic mass is 9.78. The van der Waals surface area contributed by atoms with E-state index < -0.39 is 8.32 Å². The van der Waals surface area contributed by atoms with Gasteiger partial charge in [0.2, 0.25) is 8.32 Å². The summed E-state index contributed by atoms with van der Waals surface area (Å²) < 4.78 is 12.5. The largest absolute Gasteiger partial charge is 0.544 e. The van der Waals surface area contributed by atoms with Gasteiger partial charge in [0.25, 0.3) is 0 Å². The molecule has 0 spiro atoms. The first-order chi connectivity index (χ1) is 11.2. The van der Waals surface area contributed by atoms with Crippen molar-refractivity contribution in [1.29, 1.82) is 0 Å². The quantitative estimate of drug-likeness (QED) is 0.547. The van der Waals surface area contributed by atoms with Gasteiger partial charge in [0, 0.05) is 16.4 Å². The van der Waals surface area contributed by atoms with E-state index in [1.807, 2.05) is 0 Å². The number of allylic oxidation sites excluding steroid dienone is 1. The SMILES string of the molecule is CC(C)(C)C1=C(c2ccc(O[Si](C)(C)C(C)(C)C)cc2)C(C)(C)CO1. The highest BCUT2D eigenvalue weighted by molar-refractivity contribution is 6.74. The zero-order valence-electron chi connectivity index (χ0n) is 17.8. The van der Waals surface area contributed by atoms with Crippen LogP contribution in [-0.4, -0.2) is 14.9 Å². The molecule has 0 N–H and O–H groups in total. The molecule has 25 heavy (non-hydrogen) atoms. The first-order valence-corrected chi connectivity index (χ1v) is 12.2. The Morgan fingerprint density at radius 2 is 1.48 bits per heavy atom. The lowest BCUT2D eigenvalue weighted by molar-refractivity contribution is 0.144. The second kappa shape index (κ2) is 6.19. The summed E-state index contributed by atoms with van der Waals surface area (Å²) in [5.41, 5.74) is 2.62. The molecule has 0 atom stereocenters. The van der Waals surface area contributed by atoms with Crippen molar-refractivity contribution in [3.63, 3.8) is 0 Å². The summed E-state index contributed by atoms with van der Waals surface area (Å²) in [5, 5.41) is 0.203. The molecule has 0 aliphatic carbocycles. The molecule has 1 aromatic rings. The Kier molecular flexibility index (Phi) is 4.97. The fourth-order valence-corrected chi connectivity index (χ4v) is 3.99. The maximum absolute atomic E-state index is 6.42. The molecule has 0 fully saturated rings. The van der Waals surface area contributed by atoms with Crippen molar-refractivity contribution in [3.8, 4) is 5.75 Å². The van der Waals surface area contributed by atoms with Gasteiger partial charge in [-0.15, -0.1) is 0 Å². The molecule has 1 aliphatic heterocycles. The van der Waals surface area contributed by atoms with E-state index in [2.05, 4.69) is 92.7 Å². The van der Waals surface area contributed by atoms with Crippen molar-refractivity contribution in [2.45, 2.75) is 73.5 Å². The molecule has 1 aromatic carbocycles. The molecular formula is C22H36O2Si. The van der Waals surface area contributed by atoms with Crippen molar-refractivity contribution in [3.05, 3.63) is 35.6 Å². The van der Waals surface area contributed by atoms with Gasteiger partial charge in [-0.2, -0.15) is 0 Å². The minimum atomic E-state index is -1.80. The maximum atomic E-state index is 6.42. The summed E-state index contributed by atoms with van der Waals surface area (Å²) in [6, 6.07) is 8.63. The fourth-order valence-electron chi connectivity index (χ4n) is 2.95. The van der Waals surface area contributed by atoms with Crippen molar-refractivity contribution >= 4 is 13.9 Å². The third-order valence-corrected chi connectivity index (χ3v) is 9.84. The van der Waals surface area contributed by atoms with Crippen LogP contribution in [0.4, 0.5) is 0 Å². The number of benzene rings is 1. The van der Waals surface area contributed by atoms with Crippen LogP contribution in [-0.2, 0) is 4.74 Å². The van der Waals surface area contributed by atoms with Crippen LogP contribution in [0.25, 0.3) is 5.57 Å². The van der Waals surface area contributed by atoms with Gasteiger partial charge >= 0.3 is 0 Å². The minimum Gasteiger partial charge on any atom is -0.544 e. The molecular weight excluding hydrogens is 324 g/mol. The summed E-state index contributed by atoms with van der Waals surface area (Å²) in [5.74, 6) is 2.10. The van der Waals surface area contributed by atoms with Crippen LogP contribution in [0.1, 0.15) is 61.0 Å². The molecule has 3 heteroatoms. The van der Waals surface area contributed by atoms with E-state index in [0.29, 0.717) is 0 Å². The van der Waals surface area contributed by atoms with Gasteiger partial charge in [-0.05, 0) is 35.8 Å². The standard InChI is InChI=1S/C22H36O2Si/c1-20(2,3)19-18(22(7,8)15-23-19)16-11-13-17(14-12-16)24-25(9,10)21(4,5)6/h11-14H,15H2,1-10H3. The number of hydrogen-bond acceptors (Lipinski definition) is 2. The van der Waals surface area contributed by atoms with Crippen LogP contribution in [0.3, 0.4) is 0 Å². The zero-order chi connectivity index (χ0) is 19.3. The Hall–Kier alpha value is -1.22. The highest BCUT2D eigenvalue weighted by Crippen LogP contribution is 2.49. The minimum absolute atomic E-state index is 0.0133. The lowest BCUT2D eigenvalue weighted by Crippen LogP contribution is -2.43. The first-order valence-electron chi connectivity index (χ1n) is 9.33. The van der Waals surface area contributed by atoms with Gasteiger partial charge in [0.15, 0.2) is 0 Å². The Balaban J connectivity index is 2.36. The molecule has 0 amide bonds. The van der Waals surface area contributed by atoms with E-state index in [-0.39, 0.29) is 15.9 Å². The summed E-state index contributed by atoms with van der Waals surface area (Å²) in [6.07, 6.45) is 0. The molecule has 1 aliphatic rings. The molecule has 140 valence electrons. The lowest BCUT2D eigenvalue weighted by Gasteiger charge is -2.36. The molecule has 0 radical (unpaired) electrons. The van der Waals surface area contributed by atoms with E-state index in [1.54, 1.807) is 0 Å². The Morgan fingerprint density at radius 3 is 1.92 bits per heavy atom. The van der Waals surface area contributed by atoms with Crippen LogP contribution >= 0.6 is 0 Å². The summed E-state index contributed by atoms with van der Waals surface area (Å²) in [4.78, 5) is 0. The highest BCUT2D eigenvalue weighted by Gasteiger charge is 2.40. The van der Waals surface area contributed by atoms with E-state index in [4.69, 9.17) is 9.16 Å². The average molecular weight is 361 g/mol. The van der Waals surface area contributed by atoms with E-state index in [0.717, 1.165) is 18.1 Å². The average Bonchev–Trinajstić information content (AvgIpc) is 2.73. The van der Waals surface area contributed by atoms with Gasteiger partial charge in [0.1, 0.15) is 11.5 Å². The number of ether oxygens (including phenoxy) is 1. The second-order valence-electron chi connectivity index (χ2n) is 10.5. The zero-order valence-corrected chi connectivity index (χ0v) is 18.8. The number of rotatable bonds is 3. The van der Waals surface area contributed by atoms with Crippen LogP contribution in [0, 0.1) is 10.8 Å². The van der Waals surface area contributed by atoms with Crippen molar-refractivity contribution < 1.29 is 9.16 Å². The normalized spacial score (nSPS) is 18.3. The Morgan fingerprint density at radius 1 is 0.960 bits per heavy atom. The van der Waals surface area contributed by atoms with Crippen LogP contribution in [0.2, 0.25) is 18.1 Å². The number of hydrogen-bond donors (Lipinski definition) is 0. The molecule has 0 aromatic heterocycles. The predicted octanol–water partition coefficient (Wildman–Crippen LogP) is 6.88. The smallest absolute Gasteiger partial charge is 0.250 e. The maximum Gasteiger partial charge on any atom is 0.250 e. The molecule has 2 nitrogen and oxygen atoms in total. The summed E-state index contributed by atoms with van der Waals surface area (Å²) in [7, 11) is -1.80. The summed E-state index contributed by atoms with van der Waals surface area (Å²) in [6.45, 7) is 23.3. The first kappa shape index (κ1) is 20.1. The predicted molar refractivity (Wildman–Crippen MR) is 110 cm³/mol. The monoisotopic (exact) mass is 360 g/mol. The van der Waals surface area contributed by atoms with Gasteiger partial charge in [-0.1, -0.05) is 67.5 Å². The van der Waals surface area contributed by atoms with E-state index in [1.165, 1.54) is 11.1 Å². The Labute approximate surface area is 155 Å². The summed E-state index contributed by atoms with van der Waals surface area (Å²) >= 11 is 0. The van der Waals surface area contributed by atoms with Crippen LogP contribution < -0.4 is 4.43 Å². The van der Waals surface area contributed by atoms with Gasteiger partial charge in [-0.3, -0.25) is 0 Å². The van der Waals surface area contributed by atoms with Crippen molar-refractivity contribution in [2.75, 3.05) is 6.61 Å². The second-order valence-corrected chi connectivity index (χ2v) is 15.2. The molecule has 1 heterocycles. The van der Waals surface area contributed by atoms with Crippen molar-refractivity contribution in [2.24, 2.45) is 10.8 Å². The molecule has 0 unspecified atom stereocenters. The highest BCUT2D eigenvalue weighted by atomic mass is 28.4. The Bertz CT molecular complexity index is 653. The van der Waals surface area contributed by atoms with Gasteiger partial charge in [0.05, 0.1) is 6.61 Å². The van der Waals surface area contributed by atoms with Crippen LogP contribution in [0.5, 0.6) is 5.75 Å². The molecule has 0 bridgehead atoms. The van der Waals surface area contributed by atoms with Gasteiger partial charge in [-0.25, -0.2) is 0 Å².